The molecule has 3 rings (SSSR count). The second-order valence-electron chi connectivity index (χ2n) is 6.05. The van der Waals surface area contributed by atoms with Gasteiger partial charge in [-0.3, -0.25) is 0 Å². The van der Waals surface area contributed by atoms with Crippen LogP contribution in [0.15, 0.2) is 35.7 Å². The Kier molecular flexibility index (Phi) is 4.78. The van der Waals surface area contributed by atoms with Crippen molar-refractivity contribution < 1.29 is 23.0 Å². The zero-order chi connectivity index (χ0) is 18.2. The molecule has 2 atom stereocenters. The minimum Gasteiger partial charge on any atom is -0.467 e. The summed E-state index contributed by atoms with van der Waals surface area (Å²) in [6.07, 6.45) is -5.00. The van der Waals surface area contributed by atoms with Crippen molar-refractivity contribution in [1.82, 2.24) is 0 Å². The fourth-order valence-electron chi connectivity index (χ4n) is 2.86. The van der Waals surface area contributed by atoms with Crippen LogP contribution in [-0.4, -0.2) is 22.6 Å². The number of thiocarbonyl (C=S) groups is 1. The molecule has 0 spiro atoms. The van der Waals surface area contributed by atoms with E-state index in [-0.39, 0.29) is 16.2 Å². The van der Waals surface area contributed by atoms with Gasteiger partial charge in [-0.25, -0.2) is 0 Å². The van der Waals surface area contributed by atoms with Crippen molar-refractivity contribution in [2.24, 2.45) is 0 Å². The van der Waals surface area contributed by atoms with E-state index in [2.05, 4.69) is 5.32 Å². The summed E-state index contributed by atoms with van der Waals surface area (Å²) in [5.74, 6) is 0. The highest BCUT2D eigenvalue weighted by atomic mass is 32.1. The number of rotatable bonds is 3. The molecule has 25 heavy (non-hydrogen) atoms. The lowest BCUT2D eigenvalue weighted by molar-refractivity contribution is -0.265. The Morgan fingerprint density at radius 2 is 2.12 bits per heavy atom. The lowest BCUT2D eigenvalue weighted by Crippen LogP contribution is -2.43. The molecule has 2 aromatic rings. The molecular formula is C17H16F3NO2S2. The third-order valence-electron chi connectivity index (χ3n) is 4.08. The molecule has 1 aromatic heterocycles. The fourth-order valence-corrected chi connectivity index (χ4v) is 3.98. The predicted molar refractivity (Wildman–Crippen MR) is 94.9 cm³/mol. The second kappa shape index (κ2) is 6.59. The van der Waals surface area contributed by atoms with Crippen LogP contribution in [0.1, 0.15) is 22.9 Å². The molecule has 0 saturated heterocycles. The molecule has 0 saturated carbocycles. The molecule has 134 valence electrons. The summed E-state index contributed by atoms with van der Waals surface area (Å²) in [5.41, 5.74) is -0.996. The van der Waals surface area contributed by atoms with Crippen molar-refractivity contribution in [1.29, 1.82) is 0 Å². The lowest BCUT2D eigenvalue weighted by atomic mass is 9.90. The monoisotopic (exact) mass is 387 g/mol. The predicted octanol–water partition coefficient (Wildman–Crippen LogP) is 4.40. The number of hydrogen-bond acceptors (Lipinski definition) is 4. The van der Waals surface area contributed by atoms with Crippen LogP contribution in [0, 0.1) is 0 Å². The van der Waals surface area contributed by atoms with Gasteiger partial charge in [-0.2, -0.15) is 13.2 Å². The molecule has 8 heteroatoms. The molecule has 1 aromatic carbocycles. The van der Waals surface area contributed by atoms with Crippen LogP contribution in [0.5, 0.6) is 0 Å². The molecule has 1 aliphatic rings. The molecule has 2 unspecified atom stereocenters. The van der Waals surface area contributed by atoms with Gasteiger partial charge in [0.1, 0.15) is 6.10 Å². The van der Waals surface area contributed by atoms with Crippen LogP contribution in [0.25, 0.3) is 0 Å². The number of nitrogens with one attached hydrogen (secondary N) is 1. The van der Waals surface area contributed by atoms with Gasteiger partial charge in [0.2, 0.25) is 0 Å². The van der Waals surface area contributed by atoms with Gasteiger partial charge in [-0.05, 0) is 47.8 Å². The Balaban J connectivity index is 1.96. The van der Waals surface area contributed by atoms with E-state index in [1.807, 2.05) is 6.92 Å². The van der Waals surface area contributed by atoms with Crippen LogP contribution in [-0.2, 0) is 23.2 Å². The Bertz CT molecular complexity index is 777. The molecule has 0 aliphatic carbocycles. The van der Waals surface area contributed by atoms with E-state index in [4.69, 9.17) is 17.0 Å². The third-order valence-corrected chi connectivity index (χ3v) is 5.30. The Labute approximate surface area is 152 Å². The average Bonchev–Trinajstić information content (AvgIpc) is 2.98. The van der Waals surface area contributed by atoms with Crippen molar-refractivity contribution in [3.05, 3.63) is 51.7 Å². The summed E-state index contributed by atoms with van der Waals surface area (Å²) in [7, 11) is 0. The van der Waals surface area contributed by atoms with Gasteiger partial charge in [0.25, 0.3) is 5.17 Å². The largest absolute Gasteiger partial charge is 0.467 e. The number of ether oxygens (including phenoxy) is 1. The van der Waals surface area contributed by atoms with E-state index in [1.165, 1.54) is 17.5 Å². The highest BCUT2D eigenvalue weighted by Crippen LogP contribution is 2.43. The molecular weight excluding hydrogens is 371 g/mol. The number of hydrogen-bond donors (Lipinski definition) is 2. The summed E-state index contributed by atoms with van der Waals surface area (Å²) in [5, 5.41) is 15.1. The van der Waals surface area contributed by atoms with Crippen LogP contribution < -0.4 is 5.32 Å². The van der Waals surface area contributed by atoms with Crippen molar-refractivity contribution in [3.8, 4) is 0 Å². The number of aliphatic hydroxyl groups is 1. The number of halogens is 3. The SMILES string of the molecule is CC1Cc2cc(CC(O)(c3cccs3)C(F)(F)F)ccc2NC(=S)O1. The number of thiophene rings is 1. The third kappa shape index (κ3) is 3.65. The van der Waals surface area contributed by atoms with E-state index < -0.39 is 18.2 Å². The van der Waals surface area contributed by atoms with Gasteiger partial charge in [0.05, 0.1) is 0 Å². The van der Waals surface area contributed by atoms with Gasteiger partial charge < -0.3 is 15.2 Å². The van der Waals surface area contributed by atoms with Crippen LogP contribution in [0.3, 0.4) is 0 Å². The zero-order valence-corrected chi connectivity index (χ0v) is 14.9. The van der Waals surface area contributed by atoms with Crippen molar-refractivity contribution in [2.45, 2.75) is 37.6 Å². The van der Waals surface area contributed by atoms with Gasteiger partial charge in [0.15, 0.2) is 5.60 Å². The van der Waals surface area contributed by atoms with Gasteiger partial charge in [-0.15, -0.1) is 11.3 Å². The minimum absolute atomic E-state index is 0.119. The maximum Gasteiger partial charge on any atom is 0.422 e. The lowest BCUT2D eigenvalue weighted by Gasteiger charge is -2.30. The molecule has 2 N–H and O–H groups in total. The molecule has 0 fully saturated rings. The summed E-state index contributed by atoms with van der Waals surface area (Å²) < 4.78 is 46.2. The quantitative estimate of drug-likeness (QED) is 0.766. The Hall–Kier alpha value is -1.64. The van der Waals surface area contributed by atoms with E-state index in [9.17, 15) is 18.3 Å². The first-order valence-corrected chi connectivity index (χ1v) is 8.90. The smallest absolute Gasteiger partial charge is 0.422 e. The van der Waals surface area contributed by atoms with Crippen LogP contribution >= 0.6 is 23.6 Å². The van der Waals surface area contributed by atoms with E-state index in [0.29, 0.717) is 17.7 Å². The standard InChI is InChI=1S/C17H16F3NO2S2/c1-10-7-12-8-11(4-5-13(12)21-15(24)23-10)9-16(22,17(18,19)20)14-3-2-6-25-14/h2-6,8,10,22H,7,9H2,1H3,(H,21,24). The molecule has 0 radical (unpaired) electrons. The number of fused-ring (bicyclic) bond motifs is 1. The molecule has 1 aliphatic heterocycles. The van der Waals surface area contributed by atoms with Crippen LogP contribution in [0.2, 0.25) is 0 Å². The Morgan fingerprint density at radius 1 is 1.36 bits per heavy atom. The molecule has 0 bridgehead atoms. The first-order valence-electron chi connectivity index (χ1n) is 7.61. The summed E-state index contributed by atoms with van der Waals surface area (Å²) in [6.45, 7) is 1.84. The number of benzene rings is 1. The second-order valence-corrected chi connectivity index (χ2v) is 7.37. The summed E-state index contributed by atoms with van der Waals surface area (Å²) in [6, 6.07) is 7.70. The summed E-state index contributed by atoms with van der Waals surface area (Å²) >= 11 is 5.94. The highest BCUT2D eigenvalue weighted by Gasteiger charge is 2.55. The van der Waals surface area contributed by atoms with Gasteiger partial charge in [-0.1, -0.05) is 18.2 Å². The first kappa shape index (κ1) is 18.2. The summed E-state index contributed by atoms with van der Waals surface area (Å²) in [4.78, 5) is -0.119. The normalized spacial score (nSPS) is 20.0. The molecule has 3 nitrogen and oxygen atoms in total. The van der Waals surface area contributed by atoms with Crippen molar-refractivity contribution in [2.75, 3.05) is 5.32 Å². The molecule has 2 heterocycles. The van der Waals surface area contributed by atoms with Crippen molar-refractivity contribution >= 4 is 34.4 Å². The van der Waals surface area contributed by atoms with E-state index in [1.54, 1.807) is 18.2 Å². The van der Waals surface area contributed by atoms with Gasteiger partial charge >= 0.3 is 6.18 Å². The average molecular weight is 387 g/mol. The number of anilines is 1. The maximum atomic E-state index is 13.6. The maximum absolute atomic E-state index is 13.6. The van der Waals surface area contributed by atoms with E-state index in [0.717, 1.165) is 16.9 Å². The first-order chi connectivity index (χ1) is 11.7. The van der Waals surface area contributed by atoms with Crippen LogP contribution in [0.4, 0.5) is 18.9 Å². The topological polar surface area (TPSA) is 41.5 Å². The fraction of sp³-hybridized carbons (Fsp3) is 0.353. The van der Waals surface area contributed by atoms with Crippen molar-refractivity contribution in [3.63, 3.8) is 0 Å². The minimum atomic E-state index is -4.78. The van der Waals surface area contributed by atoms with Gasteiger partial charge in [0, 0.05) is 23.4 Å². The highest BCUT2D eigenvalue weighted by molar-refractivity contribution is 7.80. The zero-order valence-electron chi connectivity index (χ0n) is 13.3. The Morgan fingerprint density at radius 3 is 2.76 bits per heavy atom. The molecule has 0 amide bonds. The van der Waals surface area contributed by atoms with E-state index >= 15 is 0 Å². The number of alkyl halides is 3.